The van der Waals surface area contributed by atoms with Crippen LogP contribution in [0, 0.1) is 0 Å². The van der Waals surface area contributed by atoms with Gasteiger partial charge in [-0.1, -0.05) is 0 Å². The number of ether oxygens (including phenoxy) is 1. The first-order chi connectivity index (χ1) is 12.8. The van der Waals surface area contributed by atoms with E-state index in [-0.39, 0.29) is 12.4 Å². The molecule has 0 bridgehead atoms. The predicted molar refractivity (Wildman–Crippen MR) is 93.6 cm³/mol. The van der Waals surface area contributed by atoms with E-state index in [1.165, 1.54) is 17.2 Å². The molecule has 152 valence electrons. The molecule has 0 saturated carbocycles. The summed E-state index contributed by atoms with van der Waals surface area (Å²) >= 11 is 0. The summed E-state index contributed by atoms with van der Waals surface area (Å²) in [6.07, 6.45) is -2.41. The second-order valence-electron chi connectivity index (χ2n) is 6.25. The third-order valence-corrected chi connectivity index (χ3v) is 5.56. The molecule has 1 aliphatic rings. The third-order valence-electron chi connectivity index (χ3n) is 3.96. The number of rotatable bonds is 7. The van der Waals surface area contributed by atoms with Crippen LogP contribution in [0.1, 0.15) is 20.1 Å². The Morgan fingerprint density at radius 3 is 2.70 bits per heavy atom. The van der Waals surface area contributed by atoms with Gasteiger partial charge in [0.05, 0.1) is 0 Å². The van der Waals surface area contributed by atoms with E-state index < -0.39 is 38.8 Å². The van der Waals surface area contributed by atoms with Crippen LogP contribution in [0.2, 0.25) is 0 Å². The number of aliphatic hydroxyl groups is 2. The standard InChI is InChI=1S/C13H23N6O7P/c1-6(2)25-27(22,26-15)23-3-7-9(20)10(21)13(24-7)19-5-18-8-11(14)16-4-17-12(8)19/h4-7,9-10,13,20-22,27H,3,15H2,1-2H3,(H2,14,16,17)/t7-,9-,10-,13-/m0/s1. The molecule has 14 heteroatoms. The second kappa shape index (κ2) is 7.83. The number of nitrogens with two attached hydrogens (primary N) is 2. The molecule has 3 heterocycles. The first kappa shape index (κ1) is 20.2. The Balaban J connectivity index is 1.75. The van der Waals surface area contributed by atoms with Crippen LogP contribution >= 0.6 is 8.17 Å². The fourth-order valence-corrected chi connectivity index (χ4v) is 3.90. The third kappa shape index (κ3) is 4.01. The zero-order chi connectivity index (χ0) is 19.8. The predicted octanol–water partition coefficient (Wildman–Crippen LogP) is -1.24. The van der Waals surface area contributed by atoms with Gasteiger partial charge in [0.25, 0.3) is 0 Å². The molecular weight excluding hydrogens is 383 g/mol. The minimum absolute atomic E-state index is 0.175. The van der Waals surface area contributed by atoms with Crippen LogP contribution < -0.4 is 11.6 Å². The Hall–Kier alpha value is -1.54. The molecule has 2 aromatic rings. The van der Waals surface area contributed by atoms with E-state index in [9.17, 15) is 15.1 Å². The number of anilines is 1. The van der Waals surface area contributed by atoms with E-state index >= 15 is 0 Å². The summed E-state index contributed by atoms with van der Waals surface area (Å²) in [5.74, 6) is 5.23. The molecular formula is C13H23N6O7P. The van der Waals surface area contributed by atoms with Gasteiger partial charge < -0.3 is 0 Å². The Labute approximate surface area is 154 Å². The van der Waals surface area contributed by atoms with Gasteiger partial charge >= 0.3 is 154 Å². The molecule has 3 rings (SSSR count). The number of nitrogen functional groups attached to an aromatic ring is 1. The summed E-state index contributed by atoms with van der Waals surface area (Å²) in [6, 6.07) is 0. The van der Waals surface area contributed by atoms with Crippen molar-refractivity contribution in [3.63, 3.8) is 0 Å². The van der Waals surface area contributed by atoms with Crippen molar-refractivity contribution in [1.29, 1.82) is 0 Å². The van der Waals surface area contributed by atoms with Gasteiger partial charge in [-0.2, -0.15) is 0 Å². The van der Waals surface area contributed by atoms with E-state index in [1.807, 2.05) is 0 Å². The Morgan fingerprint density at radius 2 is 2.04 bits per heavy atom. The SMILES string of the molecule is CC(C)O[PH](O)(ON)OC[C@@H]1O[C@H](n2cnc3c(N)ncnc32)[C@@H](O)[C@H]1O. The average molecular weight is 406 g/mol. The number of hydrogen-bond donors (Lipinski definition) is 5. The molecule has 1 aliphatic heterocycles. The molecule has 0 aliphatic carbocycles. The van der Waals surface area contributed by atoms with Gasteiger partial charge in [0.2, 0.25) is 0 Å². The first-order valence-electron chi connectivity index (χ1n) is 8.12. The number of aliphatic hydroxyl groups excluding tert-OH is 2. The van der Waals surface area contributed by atoms with E-state index in [1.54, 1.807) is 13.8 Å². The van der Waals surface area contributed by atoms with Crippen molar-refractivity contribution < 1.29 is 33.5 Å². The molecule has 0 amide bonds. The van der Waals surface area contributed by atoms with Gasteiger partial charge in [0, 0.05) is 0 Å². The molecule has 27 heavy (non-hydrogen) atoms. The normalized spacial score (nSPS) is 26.9. The van der Waals surface area contributed by atoms with Crippen molar-refractivity contribution in [3.05, 3.63) is 12.7 Å². The molecule has 0 unspecified atom stereocenters. The molecule has 4 atom stereocenters. The van der Waals surface area contributed by atoms with Crippen LogP contribution in [0.3, 0.4) is 0 Å². The van der Waals surface area contributed by atoms with Crippen molar-refractivity contribution in [2.45, 2.75) is 44.5 Å². The summed E-state index contributed by atoms with van der Waals surface area (Å²) < 4.78 is 21.9. The maximum absolute atomic E-state index is 10.4. The Bertz CT molecular complexity index is 794. The maximum atomic E-state index is 10.4. The number of imidazole rings is 1. The second-order valence-corrected chi connectivity index (χ2v) is 8.06. The summed E-state index contributed by atoms with van der Waals surface area (Å²) in [6.45, 7) is 3.00. The van der Waals surface area contributed by atoms with Gasteiger partial charge in [0.15, 0.2) is 0 Å². The van der Waals surface area contributed by atoms with Gasteiger partial charge in [0.1, 0.15) is 0 Å². The average Bonchev–Trinajstić information content (AvgIpc) is 3.16. The topological polar surface area (TPSA) is 193 Å². The molecule has 0 spiro atoms. The molecule has 0 aromatic carbocycles. The fraction of sp³-hybridized carbons (Fsp3) is 0.615. The van der Waals surface area contributed by atoms with Crippen LogP contribution in [0.5, 0.6) is 0 Å². The van der Waals surface area contributed by atoms with Crippen molar-refractivity contribution in [2.24, 2.45) is 5.90 Å². The molecule has 7 N–H and O–H groups in total. The molecule has 0 radical (unpaired) electrons. The van der Waals surface area contributed by atoms with Crippen LogP contribution in [-0.4, -0.2) is 65.6 Å². The number of fused-ring (bicyclic) bond motifs is 1. The molecule has 1 saturated heterocycles. The van der Waals surface area contributed by atoms with Gasteiger partial charge in [-0.05, 0) is 0 Å². The number of hydrogen-bond acceptors (Lipinski definition) is 12. The Morgan fingerprint density at radius 1 is 1.30 bits per heavy atom. The molecule has 13 nitrogen and oxygen atoms in total. The van der Waals surface area contributed by atoms with Gasteiger partial charge in [-0.3, -0.25) is 0 Å². The minimum atomic E-state index is -4.10. The van der Waals surface area contributed by atoms with Crippen LogP contribution in [0.4, 0.5) is 5.82 Å². The van der Waals surface area contributed by atoms with Crippen LogP contribution in [-0.2, 0) is 18.4 Å². The summed E-state index contributed by atoms with van der Waals surface area (Å²) in [5, 5.41) is 20.6. The monoisotopic (exact) mass is 406 g/mol. The van der Waals surface area contributed by atoms with Gasteiger partial charge in [-0.25, -0.2) is 0 Å². The summed E-state index contributed by atoms with van der Waals surface area (Å²) in [7, 11) is -4.10. The van der Waals surface area contributed by atoms with Crippen LogP contribution in [0.15, 0.2) is 12.7 Å². The molecule has 2 aromatic heterocycles. The van der Waals surface area contributed by atoms with Crippen molar-refractivity contribution in [2.75, 3.05) is 12.3 Å². The number of aromatic nitrogens is 4. The fourth-order valence-electron chi connectivity index (χ4n) is 2.73. The van der Waals surface area contributed by atoms with Crippen molar-refractivity contribution in [3.8, 4) is 0 Å². The quantitative estimate of drug-likeness (QED) is 0.272. The zero-order valence-corrected chi connectivity index (χ0v) is 15.7. The van der Waals surface area contributed by atoms with Crippen LogP contribution in [0.25, 0.3) is 11.2 Å². The summed E-state index contributed by atoms with van der Waals surface area (Å²) in [5.41, 5.74) is 6.42. The van der Waals surface area contributed by atoms with Crippen molar-refractivity contribution >= 4 is 25.2 Å². The zero-order valence-electron chi connectivity index (χ0n) is 14.7. The van der Waals surface area contributed by atoms with E-state index in [4.69, 9.17) is 25.4 Å². The van der Waals surface area contributed by atoms with Gasteiger partial charge in [-0.15, -0.1) is 0 Å². The Kier molecular flexibility index (Phi) is 5.86. The number of nitrogens with zero attached hydrogens (tertiary/aromatic N) is 4. The van der Waals surface area contributed by atoms with Crippen molar-refractivity contribution in [1.82, 2.24) is 19.5 Å². The van der Waals surface area contributed by atoms with E-state index in [0.29, 0.717) is 11.2 Å². The first-order valence-corrected chi connectivity index (χ1v) is 9.79. The molecule has 1 fully saturated rings. The summed E-state index contributed by atoms with van der Waals surface area (Å²) in [4.78, 5) is 22.1. The van der Waals surface area contributed by atoms with E-state index in [0.717, 1.165) is 0 Å². The van der Waals surface area contributed by atoms with E-state index in [2.05, 4.69) is 19.6 Å².